The Morgan fingerprint density at radius 3 is 2.69 bits per heavy atom. The normalized spacial score (nSPS) is 17.4. The Morgan fingerprint density at radius 1 is 1.31 bits per heavy atom. The van der Waals surface area contributed by atoms with Gasteiger partial charge in [-0.25, -0.2) is 4.79 Å². The predicted octanol–water partition coefficient (Wildman–Crippen LogP) is 3.47. The van der Waals surface area contributed by atoms with E-state index in [0.29, 0.717) is 4.91 Å². The van der Waals surface area contributed by atoms with Crippen LogP contribution in [0.15, 0.2) is 29.2 Å². The lowest BCUT2D eigenvalue weighted by atomic mass is 10.1. The number of imide groups is 1. The highest BCUT2D eigenvalue weighted by Gasteiger charge is 2.41. The van der Waals surface area contributed by atoms with Gasteiger partial charge in [0, 0.05) is 29.2 Å². The standard InChI is InChI=1S/C19H20N2O4S/c1-5-25-18(23)12(3)21-17(22)16(26-19(21)24)10-14-11(2)20(4)15-9-7-6-8-13(14)15/h6-10,12H,5H2,1-4H3/b16-10-/t12-/m1/s1. The second-order valence-corrected chi connectivity index (χ2v) is 7.05. The van der Waals surface area contributed by atoms with E-state index in [1.165, 1.54) is 6.92 Å². The highest BCUT2D eigenvalue weighted by atomic mass is 32.2. The fourth-order valence-corrected chi connectivity index (χ4v) is 3.94. The van der Waals surface area contributed by atoms with Crippen LogP contribution in [-0.2, 0) is 21.4 Å². The van der Waals surface area contributed by atoms with Crippen molar-refractivity contribution in [2.24, 2.45) is 7.05 Å². The van der Waals surface area contributed by atoms with Gasteiger partial charge in [0.25, 0.3) is 11.1 Å². The van der Waals surface area contributed by atoms with Gasteiger partial charge >= 0.3 is 5.97 Å². The number of fused-ring (bicyclic) bond motifs is 1. The Bertz CT molecular complexity index is 944. The lowest BCUT2D eigenvalue weighted by molar-refractivity contribution is -0.150. The zero-order valence-corrected chi connectivity index (χ0v) is 15.9. The second kappa shape index (κ2) is 6.99. The number of nitrogens with zero attached hydrogens (tertiary/aromatic N) is 2. The van der Waals surface area contributed by atoms with E-state index in [1.807, 2.05) is 42.8 Å². The summed E-state index contributed by atoms with van der Waals surface area (Å²) >= 11 is 0.848. The molecular formula is C19H20N2O4S. The van der Waals surface area contributed by atoms with Crippen LogP contribution in [-0.4, -0.2) is 39.2 Å². The summed E-state index contributed by atoms with van der Waals surface area (Å²) < 4.78 is 6.98. The van der Waals surface area contributed by atoms with Gasteiger partial charge in [0.2, 0.25) is 0 Å². The number of ether oxygens (including phenoxy) is 1. The number of hydrogen-bond donors (Lipinski definition) is 0. The van der Waals surface area contributed by atoms with Crippen LogP contribution in [0.25, 0.3) is 17.0 Å². The van der Waals surface area contributed by atoms with Gasteiger partial charge in [-0.3, -0.25) is 14.5 Å². The lowest BCUT2D eigenvalue weighted by Gasteiger charge is -2.19. The molecule has 0 saturated carbocycles. The number of carbonyl (C=O) groups is 3. The maximum Gasteiger partial charge on any atom is 0.329 e. The van der Waals surface area contributed by atoms with E-state index in [-0.39, 0.29) is 6.61 Å². The Hall–Kier alpha value is -2.54. The Labute approximate surface area is 155 Å². The van der Waals surface area contributed by atoms with Crippen molar-refractivity contribution in [2.75, 3.05) is 6.61 Å². The molecule has 2 heterocycles. The summed E-state index contributed by atoms with van der Waals surface area (Å²) in [6.45, 7) is 5.35. The van der Waals surface area contributed by atoms with Crippen molar-refractivity contribution in [2.45, 2.75) is 26.8 Å². The summed E-state index contributed by atoms with van der Waals surface area (Å²) in [5, 5.41) is 0.553. The van der Waals surface area contributed by atoms with Gasteiger partial charge in [-0.1, -0.05) is 18.2 Å². The molecule has 0 aliphatic carbocycles. The summed E-state index contributed by atoms with van der Waals surface area (Å²) in [6, 6.07) is 6.95. The third kappa shape index (κ3) is 2.92. The fourth-order valence-electron chi connectivity index (χ4n) is 3.05. The molecular weight excluding hydrogens is 352 g/mol. The molecule has 26 heavy (non-hydrogen) atoms. The molecule has 1 aliphatic rings. The van der Waals surface area contributed by atoms with E-state index >= 15 is 0 Å². The van der Waals surface area contributed by atoms with Crippen molar-refractivity contribution in [1.29, 1.82) is 0 Å². The van der Waals surface area contributed by atoms with E-state index in [4.69, 9.17) is 4.74 Å². The third-order valence-electron chi connectivity index (χ3n) is 4.56. The van der Waals surface area contributed by atoms with Gasteiger partial charge in [0.05, 0.1) is 11.5 Å². The molecule has 1 saturated heterocycles. The molecule has 1 fully saturated rings. The summed E-state index contributed by atoms with van der Waals surface area (Å²) in [4.78, 5) is 38.2. The van der Waals surface area contributed by atoms with Crippen LogP contribution < -0.4 is 0 Å². The Morgan fingerprint density at radius 2 is 2.00 bits per heavy atom. The third-order valence-corrected chi connectivity index (χ3v) is 5.45. The van der Waals surface area contributed by atoms with Gasteiger partial charge < -0.3 is 9.30 Å². The van der Waals surface area contributed by atoms with Crippen LogP contribution in [0.2, 0.25) is 0 Å². The average molecular weight is 372 g/mol. The molecule has 7 heteroatoms. The second-order valence-electron chi connectivity index (χ2n) is 6.05. The van der Waals surface area contributed by atoms with E-state index in [0.717, 1.165) is 38.8 Å². The number of benzene rings is 1. The molecule has 2 aromatic rings. The number of esters is 1. The number of thioether (sulfide) groups is 1. The maximum absolute atomic E-state index is 12.7. The molecule has 0 unspecified atom stereocenters. The molecule has 1 atom stereocenters. The van der Waals surface area contributed by atoms with Gasteiger partial charge in [-0.05, 0) is 44.7 Å². The first kappa shape index (κ1) is 18.3. The van der Waals surface area contributed by atoms with Crippen molar-refractivity contribution in [3.8, 4) is 0 Å². The minimum absolute atomic E-state index is 0.199. The first-order valence-electron chi connectivity index (χ1n) is 8.34. The zero-order valence-electron chi connectivity index (χ0n) is 15.1. The predicted molar refractivity (Wildman–Crippen MR) is 102 cm³/mol. The minimum atomic E-state index is -0.943. The summed E-state index contributed by atoms with van der Waals surface area (Å²) in [5.74, 6) is -1.05. The Kier molecular flexibility index (Phi) is 4.91. The molecule has 1 aliphatic heterocycles. The molecule has 3 rings (SSSR count). The molecule has 0 spiro atoms. The smallest absolute Gasteiger partial charge is 0.329 e. The number of amides is 2. The molecule has 6 nitrogen and oxygen atoms in total. The monoisotopic (exact) mass is 372 g/mol. The van der Waals surface area contributed by atoms with Gasteiger partial charge in [-0.15, -0.1) is 0 Å². The molecule has 0 N–H and O–H groups in total. The quantitative estimate of drug-likeness (QED) is 0.607. The fraction of sp³-hybridized carbons (Fsp3) is 0.316. The van der Waals surface area contributed by atoms with E-state index in [9.17, 15) is 14.4 Å². The summed E-state index contributed by atoms with van der Waals surface area (Å²) in [7, 11) is 1.96. The van der Waals surface area contributed by atoms with Crippen LogP contribution in [0.1, 0.15) is 25.1 Å². The van der Waals surface area contributed by atoms with E-state index < -0.39 is 23.2 Å². The van der Waals surface area contributed by atoms with Crippen LogP contribution in [0.3, 0.4) is 0 Å². The molecule has 1 aromatic carbocycles. The highest BCUT2D eigenvalue weighted by Crippen LogP contribution is 2.36. The van der Waals surface area contributed by atoms with Gasteiger partial charge in [0.1, 0.15) is 6.04 Å². The van der Waals surface area contributed by atoms with Crippen molar-refractivity contribution in [3.63, 3.8) is 0 Å². The van der Waals surface area contributed by atoms with E-state index in [1.54, 1.807) is 13.0 Å². The van der Waals surface area contributed by atoms with Gasteiger partial charge in [0.15, 0.2) is 0 Å². The number of carbonyl (C=O) groups excluding carboxylic acids is 3. The number of aryl methyl sites for hydroxylation is 1. The van der Waals surface area contributed by atoms with Crippen LogP contribution in [0.5, 0.6) is 0 Å². The van der Waals surface area contributed by atoms with Gasteiger partial charge in [-0.2, -0.15) is 0 Å². The number of aromatic nitrogens is 1. The first-order chi connectivity index (χ1) is 12.4. The largest absolute Gasteiger partial charge is 0.464 e. The van der Waals surface area contributed by atoms with Crippen molar-refractivity contribution in [3.05, 3.63) is 40.4 Å². The first-order valence-corrected chi connectivity index (χ1v) is 9.16. The van der Waals surface area contributed by atoms with Crippen molar-refractivity contribution in [1.82, 2.24) is 9.47 Å². The SMILES string of the molecule is CCOC(=O)[C@@H](C)N1C(=O)S/C(=C\c2c(C)n(C)c3ccccc23)C1=O. The lowest BCUT2D eigenvalue weighted by Crippen LogP contribution is -2.42. The molecule has 2 amide bonds. The topological polar surface area (TPSA) is 68.6 Å². The minimum Gasteiger partial charge on any atom is -0.464 e. The van der Waals surface area contributed by atoms with E-state index in [2.05, 4.69) is 0 Å². The summed E-state index contributed by atoms with van der Waals surface area (Å²) in [5.41, 5.74) is 2.95. The molecule has 1 aromatic heterocycles. The van der Waals surface area contributed by atoms with Crippen molar-refractivity contribution >= 4 is 45.9 Å². The number of para-hydroxylation sites is 1. The highest BCUT2D eigenvalue weighted by molar-refractivity contribution is 8.18. The van der Waals surface area contributed by atoms with Crippen LogP contribution in [0.4, 0.5) is 4.79 Å². The van der Waals surface area contributed by atoms with Crippen molar-refractivity contribution < 1.29 is 19.1 Å². The maximum atomic E-state index is 12.7. The zero-order chi connectivity index (χ0) is 19.0. The Balaban J connectivity index is 1.99. The average Bonchev–Trinajstić information content (AvgIpc) is 3.03. The van der Waals surface area contributed by atoms with Crippen LogP contribution in [0, 0.1) is 6.92 Å². The molecule has 136 valence electrons. The summed E-state index contributed by atoms with van der Waals surface area (Å²) in [6.07, 6.45) is 1.74. The molecule has 0 bridgehead atoms. The number of rotatable bonds is 4. The molecule has 0 radical (unpaired) electrons. The number of hydrogen-bond acceptors (Lipinski definition) is 5. The van der Waals surface area contributed by atoms with Crippen LogP contribution >= 0.6 is 11.8 Å².